The fourth-order valence-corrected chi connectivity index (χ4v) is 6.46. The second-order valence-corrected chi connectivity index (χ2v) is 9.63. The highest BCUT2D eigenvalue weighted by molar-refractivity contribution is 6.18. The topological polar surface area (TPSA) is 79.6 Å². The fourth-order valence-electron chi connectivity index (χ4n) is 6.46. The smallest absolute Gasteiger partial charge is 0.238 e. The van der Waals surface area contributed by atoms with Gasteiger partial charge in [-0.15, -0.1) is 0 Å². The van der Waals surface area contributed by atoms with Gasteiger partial charge in [-0.2, -0.15) is 0 Å². The number of rotatable bonds is 4. The molecule has 6 nitrogen and oxygen atoms in total. The Kier molecular flexibility index (Phi) is 4.60. The van der Waals surface area contributed by atoms with E-state index < -0.39 is 23.4 Å². The summed E-state index contributed by atoms with van der Waals surface area (Å²) in [6.45, 7) is 0. The van der Waals surface area contributed by atoms with Crippen LogP contribution in [-0.2, 0) is 10.2 Å². The van der Waals surface area contributed by atoms with Crippen LogP contribution < -0.4 is 10.2 Å². The van der Waals surface area contributed by atoms with E-state index in [-0.39, 0.29) is 23.2 Å². The van der Waals surface area contributed by atoms with E-state index in [4.69, 9.17) is 4.42 Å². The minimum absolute atomic E-state index is 0.129. The molecule has 3 aliphatic heterocycles. The maximum Gasteiger partial charge on any atom is 0.238 e. The number of nitrogens with one attached hydrogen (secondary N) is 1. The summed E-state index contributed by atoms with van der Waals surface area (Å²) in [7, 11) is 0. The summed E-state index contributed by atoms with van der Waals surface area (Å²) >= 11 is 0. The number of nitrogens with zero attached hydrogens (tertiary/aromatic N) is 1. The SMILES string of the molecule is O=C(c1ccccc1)[C@@H]1[C@H](C(=O)c2ccco2)[C@]2(C(=O)Nc3ccccc32)[C@H]2C=Cc3ccccc3N12. The molecule has 0 saturated carbocycles. The molecule has 7 rings (SSSR count). The Morgan fingerprint density at radius 3 is 2.41 bits per heavy atom. The van der Waals surface area contributed by atoms with Gasteiger partial charge in [-0.25, -0.2) is 0 Å². The van der Waals surface area contributed by atoms with Crippen LogP contribution in [0.1, 0.15) is 32.0 Å². The molecule has 180 valence electrons. The molecule has 4 atom stereocenters. The molecule has 4 aromatic rings. The molecule has 1 saturated heterocycles. The van der Waals surface area contributed by atoms with Crippen molar-refractivity contribution in [2.45, 2.75) is 17.5 Å². The van der Waals surface area contributed by atoms with Crippen LogP contribution in [0.4, 0.5) is 11.4 Å². The number of benzene rings is 3. The van der Waals surface area contributed by atoms with E-state index in [0.29, 0.717) is 16.8 Å². The van der Waals surface area contributed by atoms with Crippen LogP contribution in [0.5, 0.6) is 0 Å². The second-order valence-electron chi connectivity index (χ2n) is 9.63. The van der Waals surface area contributed by atoms with E-state index in [2.05, 4.69) is 5.32 Å². The molecule has 1 N–H and O–H groups in total. The summed E-state index contributed by atoms with van der Waals surface area (Å²) in [6.07, 6.45) is 5.38. The molecule has 0 radical (unpaired) electrons. The molecule has 1 spiro atoms. The largest absolute Gasteiger partial charge is 0.461 e. The number of ketones is 2. The van der Waals surface area contributed by atoms with Crippen molar-refractivity contribution < 1.29 is 18.8 Å². The average molecular weight is 487 g/mol. The molecule has 37 heavy (non-hydrogen) atoms. The van der Waals surface area contributed by atoms with E-state index in [1.807, 2.05) is 71.6 Å². The number of amides is 1. The van der Waals surface area contributed by atoms with Crippen LogP contribution in [0, 0.1) is 5.92 Å². The first-order chi connectivity index (χ1) is 18.1. The van der Waals surface area contributed by atoms with Crippen molar-refractivity contribution >= 4 is 34.9 Å². The number of carbonyl (C=O) groups is 3. The summed E-state index contributed by atoms with van der Waals surface area (Å²) in [4.78, 5) is 44.9. The Bertz CT molecular complexity index is 1590. The highest BCUT2D eigenvalue weighted by atomic mass is 16.3. The van der Waals surface area contributed by atoms with Gasteiger partial charge in [0.1, 0.15) is 11.5 Å². The van der Waals surface area contributed by atoms with Gasteiger partial charge in [-0.1, -0.05) is 78.9 Å². The van der Waals surface area contributed by atoms with E-state index in [1.165, 1.54) is 6.26 Å². The number of Topliss-reactive ketones (excluding diaryl/α,β-unsaturated/α-hetero) is 2. The van der Waals surface area contributed by atoms with Crippen LogP contribution >= 0.6 is 0 Å². The first kappa shape index (κ1) is 21.6. The minimum atomic E-state index is -1.33. The lowest BCUT2D eigenvalue weighted by molar-refractivity contribution is -0.121. The summed E-state index contributed by atoms with van der Waals surface area (Å²) in [5.74, 6) is -1.78. The zero-order chi connectivity index (χ0) is 25.1. The molecular weight excluding hydrogens is 464 g/mol. The maximum atomic E-state index is 14.4. The van der Waals surface area contributed by atoms with Gasteiger partial charge < -0.3 is 14.6 Å². The molecule has 1 amide bonds. The normalized spacial score (nSPS) is 24.9. The molecule has 1 fully saturated rings. The third kappa shape index (κ3) is 2.84. The maximum absolute atomic E-state index is 14.4. The van der Waals surface area contributed by atoms with Crippen LogP contribution in [0.15, 0.2) is 108 Å². The van der Waals surface area contributed by atoms with Crippen molar-refractivity contribution in [3.63, 3.8) is 0 Å². The first-order valence-electron chi connectivity index (χ1n) is 12.3. The lowest BCUT2D eigenvalue weighted by Crippen LogP contribution is -2.51. The average Bonchev–Trinajstić information content (AvgIpc) is 3.65. The van der Waals surface area contributed by atoms with Crippen LogP contribution in [0.2, 0.25) is 0 Å². The Morgan fingerprint density at radius 1 is 0.838 bits per heavy atom. The molecule has 3 aromatic carbocycles. The highest BCUT2D eigenvalue weighted by Gasteiger charge is 2.70. The van der Waals surface area contributed by atoms with Gasteiger partial charge >= 0.3 is 0 Å². The lowest BCUT2D eigenvalue weighted by Gasteiger charge is -2.37. The van der Waals surface area contributed by atoms with Gasteiger partial charge in [0.25, 0.3) is 0 Å². The third-order valence-corrected chi connectivity index (χ3v) is 7.92. The van der Waals surface area contributed by atoms with Crippen molar-refractivity contribution in [2.75, 3.05) is 10.2 Å². The number of furan rings is 1. The second kappa shape index (κ2) is 7.90. The Morgan fingerprint density at radius 2 is 1.59 bits per heavy atom. The van der Waals surface area contributed by atoms with Gasteiger partial charge in [-0.05, 0) is 35.4 Å². The van der Waals surface area contributed by atoms with Gasteiger partial charge in [0.2, 0.25) is 11.7 Å². The van der Waals surface area contributed by atoms with E-state index >= 15 is 0 Å². The predicted molar refractivity (Wildman–Crippen MR) is 140 cm³/mol. The van der Waals surface area contributed by atoms with Gasteiger partial charge in [-0.3, -0.25) is 14.4 Å². The molecule has 3 aliphatic rings. The fraction of sp³-hybridized carbons (Fsp3) is 0.129. The lowest BCUT2D eigenvalue weighted by atomic mass is 9.64. The standard InChI is InChI=1S/C31H22N2O4/c34-28(20-10-2-1-3-11-20)27-26(29(35)24-15-8-18-37-24)31(21-12-5-6-13-22(21)32-30(31)36)25-17-16-19-9-4-7-14-23(19)33(25)27/h1-18,25-27H,(H,32,36)/t25-,26-,27+,31-/m1/s1. The van der Waals surface area contributed by atoms with Crippen molar-refractivity contribution in [1.82, 2.24) is 0 Å². The van der Waals surface area contributed by atoms with Crippen LogP contribution in [0.25, 0.3) is 6.08 Å². The number of para-hydroxylation sites is 2. The van der Waals surface area contributed by atoms with Crippen molar-refractivity contribution in [1.29, 1.82) is 0 Å². The Balaban J connectivity index is 1.55. The van der Waals surface area contributed by atoms with Gasteiger partial charge in [0.05, 0.1) is 18.2 Å². The van der Waals surface area contributed by atoms with E-state index in [9.17, 15) is 14.4 Å². The predicted octanol–water partition coefficient (Wildman–Crippen LogP) is 5.14. The first-order valence-corrected chi connectivity index (χ1v) is 12.3. The molecule has 0 bridgehead atoms. The van der Waals surface area contributed by atoms with E-state index in [1.54, 1.807) is 36.4 Å². The number of hydrogen-bond donors (Lipinski definition) is 1. The number of carbonyl (C=O) groups excluding carboxylic acids is 3. The Hall–Kier alpha value is -4.71. The summed E-state index contributed by atoms with van der Waals surface area (Å²) in [6, 6.07) is 25.9. The number of fused-ring (bicyclic) bond motifs is 6. The molecular formula is C31H22N2O4. The third-order valence-electron chi connectivity index (χ3n) is 7.92. The molecule has 1 aromatic heterocycles. The molecule has 0 aliphatic carbocycles. The number of hydrogen-bond acceptors (Lipinski definition) is 5. The van der Waals surface area contributed by atoms with Crippen molar-refractivity contribution in [3.05, 3.63) is 126 Å². The van der Waals surface area contributed by atoms with Crippen LogP contribution in [0.3, 0.4) is 0 Å². The minimum Gasteiger partial charge on any atom is -0.461 e. The van der Waals surface area contributed by atoms with E-state index in [0.717, 1.165) is 11.3 Å². The zero-order valence-electron chi connectivity index (χ0n) is 19.7. The van der Waals surface area contributed by atoms with Crippen molar-refractivity contribution in [2.24, 2.45) is 5.92 Å². The summed E-state index contributed by atoms with van der Waals surface area (Å²) in [5.41, 5.74) is 2.27. The molecule has 6 heteroatoms. The Labute approximate surface area is 213 Å². The summed E-state index contributed by atoms with van der Waals surface area (Å²) in [5, 5.41) is 3.02. The summed E-state index contributed by atoms with van der Waals surface area (Å²) < 4.78 is 5.56. The highest BCUT2D eigenvalue weighted by Crippen LogP contribution is 2.58. The zero-order valence-corrected chi connectivity index (χ0v) is 19.7. The molecule has 0 unspecified atom stereocenters. The van der Waals surface area contributed by atoms with Gasteiger partial charge in [0.15, 0.2) is 11.5 Å². The quantitative estimate of drug-likeness (QED) is 0.404. The molecule has 4 heterocycles. The van der Waals surface area contributed by atoms with Crippen LogP contribution in [-0.4, -0.2) is 29.6 Å². The number of anilines is 2. The van der Waals surface area contributed by atoms with Gasteiger partial charge in [0, 0.05) is 16.9 Å². The van der Waals surface area contributed by atoms with Crippen molar-refractivity contribution in [3.8, 4) is 0 Å². The monoisotopic (exact) mass is 486 g/mol.